The summed E-state index contributed by atoms with van der Waals surface area (Å²) in [4.78, 5) is 41.3. The van der Waals surface area contributed by atoms with E-state index in [0.29, 0.717) is 41.9 Å². The number of benzene rings is 2. The average Bonchev–Trinajstić information content (AvgIpc) is 3.33. The first-order valence-corrected chi connectivity index (χ1v) is 13.5. The van der Waals surface area contributed by atoms with Crippen LogP contribution in [0.4, 0.5) is 11.4 Å². The summed E-state index contributed by atoms with van der Waals surface area (Å²) in [7, 11) is 2.94. The number of nitrogen functional groups attached to an aromatic ring is 1. The zero-order valence-corrected chi connectivity index (χ0v) is 24.0. The van der Waals surface area contributed by atoms with Crippen LogP contribution < -0.4 is 35.9 Å². The third-order valence-corrected chi connectivity index (χ3v) is 6.91. The third-order valence-electron chi connectivity index (χ3n) is 6.05. The molecule has 0 saturated heterocycles. The van der Waals surface area contributed by atoms with E-state index in [1.165, 1.54) is 19.1 Å². The predicted octanol–water partition coefficient (Wildman–Crippen LogP) is 3.79. The van der Waals surface area contributed by atoms with Crippen LogP contribution in [0, 0.1) is 5.92 Å². The van der Waals surface area contributed by atoms with E-state index in [-0.39, 0.29) is 21.9 Å². The first-order valence-electron chi connectivity index (χ1n) is 12.7. The molecule has 1 aromatic heterocycles. The molecule has 0 saturated carbocycles. The van der Waals surface area contributed by atoms with E-state index in [9.17, 15) is 14.4 Å². The molecule has 40 heavy (non-hydrogen) atoms. The lowest BCUT2D eigenvalue weighted by Gasteiger charge is -2.32. The number of nitrogens with zero attached hydrogens (tertiary/aromatic N) is 2. The molecule has 3 rings (SSSR count). The molecule has 0 bridgehead atoms. The van der Waals surface area contributed by atoms with Gasteiger partial charge in [0, 0.05) is 12.6 Å². The number of hydrogen-bond donors (Lipinski definition) is 3. The van der Waals surface area contributed by atoms with Gasteiger partial charge >= 0.3 is 0 Å². The molecule has 1 heterocycles. The van der Waals surface area contributed by atoms with Gasteiger partial charge in [0.05, 0.1) is 32.2 Å². The van der Waals surface area contributed by atoms with E-state index in [2.05, 4.69) is 23.5 Å². The Morgan fingerprint density at radius 3 is 2.27 bits per heavy atom. The van der Waals surface area contributed by atoms with Gasteiger partial charge in [-0.15, -0.1) is 0 Å². The van der Waals surface area contributed by atoms with E-state index in [1.54, 1.807) is 42.5 Å². The van der Waals surface area contributed by atoms with Crippen molar-refractivity contribution >= 4 is 40.6 Å². The smallest absolute Gasteiger partial charge is 0.273 e. The largest absolute Gasteiger partial charge is 0.497 e. The van der Waals surface area contributed by atoms with Crippen molar-refractivity contribution < 1.29 is 28.6 Å². The van der Waals surface area contributed by atoms with Gasteiger partial charge in [-0.3, -0.25) is 19.3 Å². The molecule has 5 N–H and O–H groups in total. The van der Waals surface area contributed by atoms with Gasteiger partial charge in [0.1, 0.15) is 28.2 Å². The Kier molecular flexibility index (Phi) is 10.3. The number of carbonyl (C=O) groups excluding carboxylic acids is 3. The Morgan fingerprint density at radius 1 is 1.05 bits per heavy atom. The van der Waals surface area contributed by atoms with Crippen molar-refractivity contribution in [2.75, 3.05) is 38.0 Å². The molecule has 0 spiro atoms. The minimum absolute atomic E-state index is 0.0513. The molecular formula is C28H35N5O6S. The lowest BCUT2D eigenvalue weighted by molar-refractivity contribution is -0.122. The molecule has 0 aliphatic rings. The molecule has 3 amide bonds. The second-order valence-corrected chi connectivity index (χ2v) is 10.0. The van der Waals surface area contributed by atoms with Gasteiger partial charge in [-0.2, -0.15) is 4.37 Å². The Labute approximate surface area is 237 Å². The number of rotatable bonds is 13. The summed E-state index contributed by atoms with van der Waals surface area (Å²) < 4.78 is 20.6. The fourth-order valence-corrected chi connectivity index (χ4v) is 4.74. The zero-order valence-electron chi connectivity index (χ0n) is 23.2. The Hall–Kier alpha value is -4.32. The number of carbonyl (C=O) groups is 3. The molecule has 3 aromatic rings. The summed E-state index contributed by atoms with van der Waals surface area (Å²) in [6, 6.07) is 10.6. The molecule has 12 heteroatoms. The van der Waals surface area contributed by atoms with Crippen LogP contribution in [0.3, 0.4) is 0 Å². The van der Waals surface area contributed by atoms with E-state index in [1.807, 2.05) is 6.92 Å². The highest BCUT2D eigenvalue weighted by molar-refractivity contribution is 7.09. The molecule has 11 nitrogen and oxygen atoms in total. The van der Waals surface area contributed by atoms with Gasteiger partial charge in [0.2, 0.25) is 5.91 Å². The van der Waals surface area contributed by atoms with Crippen molar-refractivity contribution in [3.8, 4) is 17.2 Å². The lowest BCUT2D eigenvalue weighted by atomic mass is 10.0. The van der Waals surface area contributed by atoms with Gasteiger partial charge in [0.25, 0.3) is 11.8 Å². The average molecular weight is 570 g/mol. The topological polar surface area (TPSA) is 159 Å². The van der Waals surface area contributed by atoms with E-state index < -0.39 is 23.8 Å². The number of ether oxygens (including phenoxy) is 3. The second-order valence-electron chi connectivity index (χ2n) is 9.23. The van der Waals surface area contributed by atoms with Crippen molar-refractivity contribution in [3.05, 3.63) is 58.6 Å². The first kappa shape index (κ1) is 30.2. The molecule has 0 aliphatic carbocycles. The van der Waals surface area contributed by atoms with E-state index in [4.69, 9.17) is 25.7 Å². The maximum Gasteiger partial charge on any atom is 0.273 e. The van der Waals surface area contributed by atoms with Gasteiger partial charge in [-0.05, 0) is 60.6 Å². The molecule has 0 unspecified atom stereocenters. The first-order chi connectivity index (χ1) is 19.1. The lowest BCUT2D eigenvalue weighted by Crippen LogP contribution is -2.44. The number of anilines is 2. The maximum atomic E-state index is 14.3. The summed E-state index contributed by atoms with van der Waals surface area (Å²) >= 11 is 0.723. The molecule has 0 fully saturated rings. The molecule has 214 valence electrons. The minimum atomic E-state index is -1.17. The van der Waals surface area contributed by atoms with Crippen molar-refractivity contribution in [1.29, 1.82) is 0 Å². The van der Waals surface area contributed by atoms with Crippen LogP contribution in [0.25, 0.3) is 0 Å². The van der Waals surface area contributed by atoms with Crippen LogP contribution in [-0.4, -0.2) is 49.5 Å². The number of aromatic nitrogens is 1. The normalized spacial score (nSPS) is 11.6. The minimum Gasteiger partial charge on any atom is -0.497 e. The number of methoxy groups -OCH3 is 2. The summed E-state index contributed by atoms with van der Waals surface area (Å²) in [5, 5.41) is 2.96. The molecule has 0 aliphatic heterocycles. The second kappa shape index (κ2) is 13.7. The van der Waals surface area contributed by atoms with Crippen molar-refractivity contribution in [2.24, 2.45) is 11.7 Å². The molecule has 1 atom stereocenters. The Morgan fingerprint density at radius 2 is 1.73 bits per heavy atom. The van der Waals surface area contributed by atoms with Crippen molar-refractivity contribution in [1.82, 2.24) is 9.69 Å². The van der Waals surface area contributed by atoms with Crippen LogP contribution >= 0.6 is 11.5 Å². The highest BCUT2D eigenvalue weighted by Gasteiger charge is 2.37. The monoisotopic (exact) mass is 569 g/mol. The number of primary amides is 1. The highest BCUT2D eigenvalue weighted by atomic mass is 32.1. The Bertz CT molecular complexity index is 1340. The summed E-state index contributed by atoms with van der Waals surface area (Å²) in [6.45, 7) is 6.84. The predicted molar refractivity (Wildman–Crippen MR) is 154 cm³/mol. The van der Waals surface area contributed by atoms with Gasteiger partial charge < -0.3 is 31.0 Å². The number of amides is 3. The van der Waals surface area contributed by atoms with Crippen molar-refractivity contribution in [2.45, 2.75) is 33.2 Å². The van der Waals surface area contributed by atoms with E-state index in [0.717, 1.165) is 18.0 Å². The van der Waals surface area contributed by atoms with Gasteiger partial charge in [-0.25, -0.2) is 0 Å². The number of nitrogens with two attached hydrogens (primary N) is 2. The highest BCUT2D eigenvalue weighted by Crippen LogP contribution is 2.40. The molecule has 0 radical (unpaired) electrons. The van der Waals surface area contributed by atoms with Crippen LogP contribution in [0.1, 0.15) is 59.0 Å². The fourth-order valence-electron chi connectivity index (χ4n) is 4.00. The summed E-state index contributed by atoms with van der Waals surface area (Å²) in [5.41, 5.74) is 11.9. The quantitative estimate of drug-likeness (QED) is 0.280. The molecule has 2 aromatic carbocycles. The SMILES string of the molecule is CCOc1ccc([C@H](C(=O)NCCC(C)C)N(C(=O)c2snc(C(N)=O)c2N)c2cc(OC)ccc2OC)cc1. The van der Waals surface area contributed by atoms with Gasteiger partial charge in [-0.1, -0.05) is 26.0 Å². The zero-order chi connectivity index (χ0) is 29.4. The van der Waals surface area contributed by atoms with Crippen LogP contribution in [-0.2, 0) is 4.79 Å². The number of hydrogen-bond acceptors (Lipinski definition) is 9. The summed E-state index contributed by atoms with van der Waals surface area (Å²) in [5.74, 6) is -0.279. The van der Waals surface area contributed by atoms with E-state index >= 15 is 0 Å². The van der Waals surface area contributed by atoms with Crippen LogP contribution in [0.2, 0.25) is 0 Å². The van der Waals surface area contributed by atoms with Crippen LogP contribution in [0.5, 0.6) is 17.2 Å². The molecular weight excluding hydrogens is 534 g/mol. The maximum absolute atomic E-state index is 14.3. The van der Waals surface area contributed by atoms with Gasteiger partial charge in [0.15, 0.2) is 5.69 Å². The standard InChI is InChI=1S/C28H35N5O6S/c1-6-39-18-9-7-17(8-10-18)24(27(35)31-14-13-16(2)3)33(20-15-19(37-4)11-12-21(20)38-5)28(36)25-22(29)23(26(30)34)32-40-25/h7-12,15-16,24H,6,13-14,29H2,1-5H3,(H2,30,34)(H,31,35)/t24-/m1/s1. The summed E-state index contributed by atoms with van der Waals surface area (Å²) in [6.07, 6.45) is 0.738. The third kappa shape index (κ3) is 6.81. The van der Waals surface area contributed by atoms with Crippen LogP contribution in [0.15, 0.2) is 42.5 Å². The Balaban J connectivity index is 2.26. The number of nitrogens with one attached hydrogen (secondary N) is 1. The van der Waals surface area contributed by atoms with Crippen molar-refractivity contribution in [3.63, 3.8) is 0 Å². The fraction of sp³-hybridized carbons (Fsp3) is 0.357.